The van der Waals surface area contributed by atoms with Gasteiger partial charge in [0.2, 0.25) is 0 Å². The summed E-state index contributed by atoms with van der Waals surface area (Å²) < 4.78 is 16.8. The third kappa shape index (κ3) is 4.41. The predicted molar refractivity (Wildman–Crippen MR) is 100 cm³/mol. The van der Waals surface area contributed by atoms with Crippen LogP contribution in [0.1, 0.15) is 31.9 Å². The minimum absolute atomic E-state index is 0.0859. The molecule has 0 spiro atoms. The summed E-state index contributed by atoms with van der Waals surface area (Å²) in [6, 6.07) is 12.4. The molecule has 0 fully saturated rings. The number of hydrogen-bond donors (Lipinski definition) is 1. The second-order valence-corrected chi connectivity index (χ2v) is 7.27. The van der Waals surface area contributed by atoms with Gasteiger partial charge in [0.15, 0.2) is 6.61 Å². The maximum Gasteiger partial charge on any atom is 0.258 e. The minimum atomic E-state index is -0.382. The van der Waals surface area contributed by atoms with E-state index < -0.39 is 0 Å². The lowest BCUT2D eigenvalue weighted by molar-refractivity contribution is -0.124. The number of fused-ring (bicyclic) bond motifs is 1. The molecule has 1 aliphatic rings. The van der Waals surface area contributed by atoms with Crippen LogP contribution in [0.3, 0.4) is 0 Å². The minimum Gasteiger partial charge on any atom is -0.497 e. The fourth-order valence-electron chi connectivity index (χ4n) is 3.03. The Kier molecular flexibility index (Phi) is 5.28. The number of rotatable bonds is 5. The van der Waals surface area contributed by atoms with Crippen LogP contribution in [-0.2, 0) is 4.79 Å². The molecule has 138 valence electrons. The molecule has 3 rings (SSSR count). The van der Waals surface area contributed by atoms with Crippen LogP contribution in [0.15, 0.2) is 42.5 Å². The number of hydrogen-bond acceptors (Lipinski definition) is 4. The molecule has 2 aromatic rings. The van der Waals surface area contributed by atoms with Crippen molar-refractivity contribution in [3.63, 3.8) is 0 Å². The summed E-state index contributed by atoms with van der Waals surface area (Å²) in [5, 5.41) is 3.60. The first kappa shape index (κ1) is 18.4. The predicted octanol–water partition coefficient (Wildman–Crippen LogP) is 4.15. The summed E-state index contributed by atoms with van der Waals surface area (Å²) >= 11 is 5.93. The number of amides is 1. The molecule has 0 radical (unpaired) electrons. The largest absolute Gasteiger partial charge is 0.497 e. The number of carbonyl (C=O) groups excluding carboxylic acids is 1. The van der Waals surface area contributed by atoms with E-state index in [1.165, 1.54) is 0 Å². The third-order valence-corrected chi connectivity index (χ3v) is 4.41. The molecule has 1 N–H and O–H groups in total. The molecule has 0 aromatic heterocycles. The Hall–Kier alpha value is -2.40. The SMILES string of the molecule is COc1ccc2c(c1)[C@@H](NC(=O)COc1cccc(Cl)c1)CC(C)(C)O2. The zero-order valence-corrected chi connectivity index (χ0v) is 15.8. The van der Waals surface area contributed by atoms with Gasteiger partial charge in [-0.15, -0.1) is 0 Å². The number of carbonyl (C=O) groups is 1. The van der Waals surface area contributed by atoms with E-state index in [-0.39, 0.29) is 24.2 Å². The van der Waals surface area contributed by atoms with Gasteiger partial charge >= 0.3 is 0 Å². The fraction of sp³-hybridized carbons (Fsp3) is 0.350. The van der Waals surface area contributed by atoms with Crippen molar-refractivity contribution < 1.29 is 19.0 Å². The first-order chi connectivity index (χ1) is 12.4. The molecular formula is C20H22ClNO4. The van der Waals surface area contributed by atoms with Crippen molar-refractivity contribution in [2.45, 2.75) is 31.9 Å². The van der Waals surface area contributed by atoms with Crippen molar-refractivity contribution in [1.82, 2.24) is 5.32 Å². The standard InChI is InChI=1S/C20H22ClNO4/c1-20(2)11-17(16-10-14(24-3)7-8-18(16)26-20)22-19(23)12-25-15-6-4-5-13(21)9-15/h4-10,17H,11-12H2,1-3H3,(H,22,23)/t17-/m0/s1. The summed E-state index contributed by atoms with van der Waals surface area (Å²) in [7, 11) is 1.61. The molecule has 0 bridgehead atoms. The van der Waals surface area contributed by atoms with E-state index in [9.17, 15) is 4.79 Å². The van der Waals surface area contributed by atoms with Gasteiger partial charge in [0.25, 0.3) is 5.91 Å². The van der Waals surface area contributed by atoms with Crippen molar-refractivity contribution in [3.8, 4) is 17.2 Å². The van der Waals surface area contributed by atoms with Crippen LogP contribution < -0.4 is 19.5 Å². The Bertz CT molecular complexity index is 806. The van der Waals surface area contributed by atoms with Crippen LogP contribution in [0.2, 0.25) is 5.02 Å². The molecule has 0 unspecified atom stereocenters. The van der Waals surface area contributed by atoms with Crippen molar-refractivity contribution >= 4 is 17.5 Å². The summed E-state index contributed by atoms with van der Waals surface area (Å²) in [6.45, 7) is 3.92. The van der Waals surface area contributed by atoms with E-state index in [0.717, 1.165) is 17.1 Å². The van der Waals surface area contributed by atoms with Gasteiger partial charge in [0.1, 0.15) is 22.8 Å². The van der Waals surface area contributed by atoms with Gasteiger partial charge in [-0.3, -0.25) is 4.79 Å². The first-order valence-corrected chi connectivity index (χ1v) is 8.79. The van der Waals surface area contributed by atoms with Crippen molar-refractivity contribution in [2.24, 2.45) is 0 Å². The van der Waals surface area contributed by atoms with E-state index in [1.807, 2.05) is 32.0 Å². The highest BCUT2D eigenvalue weighted by atomic mass is 35.5. The number of methoxy groups -OCH3 is 1. The highest BCUT2D eigenvalue weighted by Gasteiger charge is 2.34. The number of ether oxygens (including phenoxy) is 3. The third-order valence-electron chi connectivity index (χ3n) is 4.18. The lowest BCUT2D eigenvalue weighted by atomic mass is 9.89. The van der Waals surface area contributed by atoms with E-state index in [1.54, 1.807) is 31.4 Å². The van der Waals surface area contributed by atoms with Crippen LogP contribution in [0.25, 0.3) is 0 Å². The zero-order valence-electron chi connectivity index (χ0n) is 15.0. The highest BCUT2D eigenvalue weighted by molar-refractivity contribution is 6.30. The topological polar surface area (TPSA) is 56.8 Å². The van der Waals surface area contributed by atoms with Crippen LogP contribution in [0, 0.1) is 0 Å². The molecule has 5 nitrogen and oxygen atoms in total. The molecule has 1 aliphatic heterocycles. The quantitative estimate of drug-likeness (QED) is 0.853. The van der Waals surface area contributed by atoms with Gasteiger partial charge in [0.05, 0.1) is 13.2 Å². The number of benzene rings is 2. The maximum absolute atomic E-state index is 12.4. The maximum atomic E-state index is 12.4. The van der Waals surface area contributed by atoms with Gasteiger partial charge in [-0.05, 0) is 50.2 Å². The Morgan fingerprint density at radius 3 is 2.81 bits per heavy atom. The second-order valence-electron chi connectivity index (χ2n) is 6.84. The molecule has 0 saturated heterocycles. The Morgan fingerprint density at radius 1 is 1.27 bits per heavy atom. The second kappa shape index (κ2) is 7.46. The average molecular weight is 376 g/mol. The Balaban J connectivity index is 1.71. The first-order valence-electron chi connectivity index (χ1n) is 8.41. The molecule has 2 aromatic carbocycles. The van der Waals surface area contributed by atoms with Crippen LogP contribution in [0.5, 0.6) is 17.2 Å². The fourth-order valence-corrected chi connectivity index (χ4v) is 3.21. The normalized spacial score (nSPS) is 17.6. The molecular weight excluding hydrogens is 354 g/mol. The van der Waals surface area contributed by atoms with Gasteiger partial charge < -0.3 is 19.5 Å². The highest BCUT2D eigenvalue weighted by Crippen LogP contribution is 2.41. The van der Waals surface area contributed by atoms with Gasteiger partial charge in [-0.2, -0.15) is 0 Å². The zero-order chi connectivity index (χ0) is 18.7. The molecule has 1 atom stereocenters. The molecule has 0 saturated carbocycles. The summed E-state index contributed by atoms with van der Waals surface area (Å²) in [6.07, 6.45) is 0.649. The lowest BCUT2D eigenvalue weighted by Crippen LogP contribution is -2.42. The van der Waals surface area contributed by atoms with Gasteiger partial charge in [-0.25, -0.2) is 0 Å². The van der Waals surface area contributed by atoms with Crippen LogP contribution in [0.4, 0.5) is 0 Å². The van der Waals surface area contributed by atoms with E-state index in [2.05, 4.69) is 5.32 Å². The lowest BCUT2D eigenvalue weighted by Gasteiger charge is -2.38. The average Bonchev–Trinajstić information content (AvgIpc) is 2.59. The summed E-state index contributed by atoms with van der Waals surface area (Å²) in [5.41, 5.74) is 0.521. The van der Waals surface area contributed by atoms with Gasteiger partial charge in [-0.1, -0.05) is 17.7 Å². The molecule has 26 heavy (non-hydrogen) atoms. The molecule has 1 heterocycles. The van der Waals surface area contributed by atoms with Crippen LogP contribution in [-0.4, -0.2) is 25.2 Å². The van der Waals surface area contributed by atoms with Crippen molar-refractivity contribution in [1.29, 1.82) is 0 Å². The molecule has 6 heteroatoms. The summed E-state index contributed by atoms with van der Waals surface area (Å²) in [4.78, 5) is 12.4. The van der Waals surface area contributed by atoms with E-state index in [4.69, 9.17) is 25.8 Å². The molecule has 1 amide bonds. The van der Waals surface area contributed by atoms with E-state index in [0.29, 0.717) is 17.2 Å². The van der Waals surface area contributed by atoms with E-state index >= 15 is 0 Å². The smallest absolute Gasteiger partial charge is 0.258 e. The molecule has 0 aliphatic carbocycles. The van der Waals surface area contributed by atoms with Crippen molar-refractivity contribution in [2.75, 3.05) is 13.7 Å². The Morgan fingerprint density at radius 2 is 2.08 bits per heavy atom. The van der Waals surface area contributed by atoms with Crippen LogP contribution >= 0.6 is 11.6 Å². The summed E-state index contributed by atoms with van der Waals surface area (Å²) in [5.74, 6) is 1.83. The monoisotopic (exact) mass is 375 g/mol. The number of nitrogens with one attached hydrogen (secondary N) is 1. The number of halogens is 1. The van der Waals surface area contributed by atoms with Crippen molar-refractivity contribution in [3.05, 3.63) is 53.1 Å². The van der Waals surface area contributed by atoms with Gasteiger partial charge in [0, 0.05) is 17.0 Å². The Labute approximate surface area is 158 Å².